The molecule has 3 N–H and O–H groups in total. The van der Waals surface area contributed by atoms with Crippen molar-refractivity contribution in [1.82, 2.24) is 10.1 Å². The number of hydrogen-bond donors (Lipinski definition) is 3. The van der Waals surface area contributed by atoms with E-state index < -0.39 is 0 Å². The normalized spacial score (nSPS) is 10.2. The van der Waals surface area contributed by atoms with Crippen molar-refractivity contribution in [3.63, 3.8) is 0 Å². The predicted molar refractivity (Wildman–Crippen MR) is 92.4 cm³/mol. The summed E-state index contributed by atoms with van der Waals surface area (Å²) in [6.07, 6.45) is 3.83. The van der Waals surface area contributed by atoms with Gasteiger partial charge in [0.15, 0.2) is 0 Å². The van der Waals surface area contributed by atoms with Gasteiger partial charge in [0.05, 0.1) is 0 Å². The minimum absolute atomic E-state index is 0.0828. The van der Waals surface area contributed by atoms with Gasteiger partial charge in [0.1, 0.15) is 5.78 Å². The van der Waals surface area contributed by atoms with Crippen LogP contribution in [-0.2, 0) is 9.59 Å². The van der Waals surface area contributed by atoms with Crippen LogP contribution in [0.4, 0.5) is 5.69 Å². The molecule has 122 valence electrons. The maximum absolute atomic E-state index is 11.6. The number of amides is 1. The summed E-state index contributed by atoms with van der Waals surface area (Å²) in [6.45, 7) is 2.24. The number of rotatable bonds is 12. The first kappa shape index (κ1) is 18.5. The average molecular weight is 323 g/mol. The number of para-hydroxylation sites is 1. The zero-order valence-electron chi connectivity index (χ0n) is 13.1. The summed E-state index contributed by atoms with van der Waals surface area (Å²) in [5.74, 6) is 1.09. The van der Waals surface area contributed by atoms with Gasteiger partial charge < -0.3 is 15.5 Å². The van der Waals surface area contributed by atoms with E-state index in [9.17, 15) is 9.59 Å². The molecule has 0 saturated carbocycles. The third-order valence-corrected chi connectivity index (χ3v) is 3.65. The molecule has 0 fully saturated rings. The number of Topliss-reactive ketones (excluding diaryl/α,β-unsaturated/α-hetero) is 1. The van der Waals surface area contributed by atoms with Gasteiger partial charge in [-0.15, -0.1) is 0 Å². The highest BCUT2D eigenvalue weighted by molar-refractivity contribution is 7.97. The van der Waals surface area contributed by atoms with E-state index in [2.05, 4.69) is 15.6 Å². The van der Waals surface area contributed by atoms with E-state index in [1.165, 1.54) is 11.9 Å². The van der Waals surface area contributed by atoms with Crippen LogP contribution < -0.4 is 15.6 Å². The first-order chi connectivity index (χ1) is 10.7. The Morgan fingerprint density at radius 1 is 1.05 bits per heavy atom. The summed E-state index contributed by atoms with van der Waals surface area (Å²) in [5, 5.41) is 2.89. The van der Waals surface area contributed by atoms with Crippen molar-refractivity contribution in [2.75, 3.05) is 17.7 Å². The summed E-state index contributed by atoms with van der Waals surface area (Å²) in [5.41, 5.74) is 4.07. The highest BCUT2D eigenvalue weighted by atomic mass is 32.2. The molecule has 0 aliphatic rings. The van der Waals surface area contributed by atoms with E-state index in [1.54, 1.807) is 6.92 Å². The Bertz CT molecular complexity index is 440. The third-order valence-electron chi connectivity index (χ3n) is 3.00. The molecule has 0 bridgehead atoms. The monoisotopic (exact) mass is 323 g/mol. The Hall–Kier alpha value is -1.53. The second kappa shape index (κ2) is 12.1. The summed E-state index contributed by atoms with van der Waals surface area (Å²) in [6, 6.07) is 9.84. The number of benzene rings is 1. The number of ketones is 1. The van der Waals surface area contributed by atoms with Crippen LogP contribution >= 0.6 is 11.9 Å². The quantitative estimate of drug-likeness (QED) is 0.313. The van der Waals surface area contributed by atoms with Crippen LogP contribution in [0.1, 0.15) is 39.0 Å². The second-order valence-electron chi connectivity index (χ2n) is 5.05. The molecule has 22 heavy (non-hydrogen) atoms. The minimum Gasteiger partial charge on any atom is -0.355 e. The molecule has 1 aromatic carbocycles. The van der Waals surface area contributed by atoms with E-state index in [-0.39, 0.29) is 11.7 Å². The maximum Gasteiger partial charge on any atom is 0.220 e. The Balaban J connectivity index is 1.89. The molecule has 1 amide bonds. The highest BCUT2D eigenvalue weighted by Crippen LogP contribution is 2.05. The zero-order chi connectivity index (χ0) is 16.0. The smallest absolute Gasteiger partial charge is 0.220 e. The van der Waals surface area contributed by atoms with Gasteiger partial charge in [0.2, 0.25) is 5.91 Å². The van der Waals surface area contributed by atoms with Gasteiger partial charge in [-0.1, -0.05) is 36.6 Å². The van der Waals surface area contributed by atoms with Crippen LogP contribution in [0.15, 0.2) is 30.3 Å². The summed E-state index contributed by atoms with van der Waals surface area (Å²) >= 11 is 1.51. The fourth-order valence-electron chi connectivity index (χ4n) is 1.83. The number of hydrogen-bond acceptors (Lipinski definition) is 5. The molecule has 0 saturated heterocycles. The summed E-state index contributed by atoms with van der Waals surface area (Å²) in [7, 11) is 0. The molecule has 0 aliphatic heterocycles. The maximum atomic E-state index is 11.6. The Morgan fingerprint density at radius 2 is 1.77 bits per heavy atom. The Morgan fingerprint density at radius 3 is 2.50 bits per heavy atom. The van der Waals surface area contributed by atoms with Crippen LogP contribution in [-0.4, -0.2) is 24.0 Å². The average Bonchev–Trinajstić information content (AvgIpc) is 2.51. The first-order valence-corrected chi connectivity index (χ1v) is 8.61. The van der Waals surface area contributed by atoms with E-state index in [0.717, 1.165) is 30.7 Å². The molecule has 0 unspecified atom stereocenters. The lowest BCUT2D eigenvalue weighted by molar-refractivity contribution is -0.121. The van der Waals surface area contributed by atoms with Gasteiger partial charge in [-0.2, -0.15) is 4.83 Å². The van der Waals surface area contributed by atoms with Gasteiger partial charge in [-0.25, -0.2) is 0 Å². The molecular weight excluding hydrogens is 298 g/mol. The fourth-order valence-corrected chi connectivity index (χ4v) is 2.33. The first-order valence-electron chi connectivity index (χ1n) is 7.62. The van der Waals surface area contributed by atoms with Gasteiger partial charge in [-0.3, -0.25) is 4.79 Å². The summed E-state index contributed by atoms with van der Waals surface area (Å²) in [4.78, 5) is 25.4. The SMILES string of the molecule is CC(=O)CCCCCC(=O)NCCSNNc1ccccc1. The fraction of sp³-hybridized carbons (Fsp3) is 0.500. The molecule has 0 atom stereocenters. The second-order valence-corrected chi connectivity index (χ2v) is 5.96. The Kier molecular flexibility index (Phi) is 10.1. The number of carbonyl (C=O) groups is 2. The van der Waals surface area contributed by atoms with E-state index >= 15 is 0 Å². The molecule has 5 nitrogen and oxygen atoms in total. The van der Waals surface area contributed by atoms with Gasteiger partial charge in [0.25, 0.3) is 0 Å². The summed E-state index contributed by atoms with van der Waals surface area (Å²) < 4.78 is 0. The highest BCUT2D eigenvalue weighted by Gasteiger charge is 2.01. The van der Waals surface area contributed by atoms with Crippen molar-refractivity contribution in [1.29, 1.82) is 0 Å². The Labute approximate surface area is 136 Å². The van der Waals surface area contributed by atoms with Crippen molar-refractivity contribution < 1.29 is 9.59 Å². The number of nitrogens with one attached hydrogen (secondary N) is 3. The lowest BCUT2D eigenvalue weighted by Crippen LogP contribution is -2.26. The standard InChI is InChI=1S/C16H25N3O2S/c1-14(20)8-4-2-7-11-16(21)17-12-13-22-19-18-15-9-5-3-6-10-15/h3,5-6,9-10,18-19H,2,4,7-8,11-13H2,1H3,(H,17,21). The topological polar surface area (TPSA) is 70.2 Å². The molecule has 6 heteroatoms. The van der Waals surface area contributed by atoms with Crippen molar-refractivity contribution in [2.45, 2.75) is 39.0 Å². The number of anilines is 1. The van der Waals surface area contributed by atoms with Crippen LogP contribution in [0.2, 0.25) is 0 Å². The molecule has 0 aromatic heterocycles. The lowest BCUT2D eigenvalue weighted by Gasteiger charge is -2.08. The van der Waals surface area contributed by atoms with Crippen molar-refractivity contribution in [3.8, 4) is 0 Å². The molecular formula is C16H25N3O2S. The molecule has 0 radical (unpaired) electrons. The third kappa shape index (κ3) is 10.2. The lowest BCUT2D eigenvalue weighted by atomic mass is 10.1. The molecule has 0 spiro atoms. The van der Waals surface area contributed by atoms with E-state index in [4.69, 9.17) is 0 Å². The largest absolute Gasteiger partial charge is 0.355 e. The van der Waals surface area contributed by atoms with Crippen molar-refractivity contribution in [3.05, 3.63) is 30.3 Å². The van der Waals surface area contributed by atoms with Crippen molar-refractivity contribution in [2.24, 2.45) is 0 Å². The minimum atomic E-state index is 0.0828. The van der Waals surface area contributed by atoms with E-state index in [1.807, 2.05) is 30.3 Å². The van der Waals surface area contributed by atoms with Crippen LogP contribution in [0.5, 0.6) is 0 Å². The van der Waals surface area contributed by atoms with Gasteiger partial charge in [-0.05, 0) is 31.9 Å². The predicted octanol–water partition coefficient (Wildman–Crippen LogP) is 2.91. The molecule has 1 aromatic rings. The van der Waals surface area contributed by atoms with Crippen LogP contribution in [0.3, 0.4) is 0 Å². The van der Waals surface area contributed by atoms with Crippen molar-refractivity contribution >= 4 is 29.3 Å². The molecule has 0 heterocycles. The van der Waals surface area contributed by atoms with Gasteiger partial charge in [0, 0.05) is 30.8 Å². The van der Waals surface area contributed by atoms with Crippen LogP contribution in [0, 0.1) is 0 Å². The number of hydrazine groups is 1. The number of carbonyl (C=O) groups excluding carboxylic acids is 2. The van der Waals surface area contributed by atoms with E-state index in [0.29, 0.717) is 19.4 Å². The van der Waals surface area contributed by atoms with Crippen LogP contribution in [0.25, 0.3) is 0 Å². The molecule has 1 rings (SSSR count). The number of unbranched alkanes of at least 4 members (excludes halogenated alkanes) is 2. The van der Waals surface area contributed by atoms with Gasteiger partial charge >= 0.3 is 0 Å². The molecule has 0 aliphatic carbocycles. The zero-order valence-corrected chi connectivity index (χ0v) is 13.9.